The van der Waals surface area contributed by atoms with Gasteiger partial charge >= 0.3 is 12.1 Å². The number of carbonyl (C=O) groups is 1. The third-order valence-corrected chi connectivity index (χ3v) is 2.42. The minimum Gasteiger partial charge on any atom is -0.466 e. The molecule has 8 heteroatoms. The number of ether oxygens (including phenoxy) is 1. The Morgan fingerprint density at radius 3 is 2.45 bits per heavy atom. The first-order chi connectivity index (χ1) is 8.75. The molecule has 0 aliphatic carbocycles. The van der Waals surface area contributed by atoms with Crippen LogP contribution in [0.1, 0.15) is 30.5 Å². The number of rotatable bonds is 4. The van der Waals surface area contributed by atoms with E-state index in [0.29, 0.717) is 12.1 Å². The van der Waals surface area contributed by atoms with E-state index in [9.17, 15) is 22.4 Å². The van der Waals surface area contributed by atoms with Gasteiger partial charge in [-0.05, 0) is 24.6 Å². The summed E-state index contributed by atoms with van der Waals surface area (Å²) in [5, 5.41) is 0. The van der Waals surface area contributed by atoms with Gasteiger partial charge < -0.3 is 10.5 Å². The van der Waals surface area contributed by atoms with Crippen LogP contribution in [0, 0.1) is 5.82 Å². The van der Waals surface area contributed by atoms with Crippen LogP contribution >= 0.6 is 12.4 Å². The highest BCUT2D eigenvalue weighted by Crippen LogP contribution is 2.32. The summed E-state index contributed by atoms with van der Waals surface area (Å²) in [6.45, 7) is 1.79. The molecule has 1 aromatic rings. The van der Waals surface area contributed by atoms with Crippen molar-refractivity contribution in [3.63, 3.8) is 0 Å². The lowest BCUT2D eigenvalue weighted by Crippen LogP contribution is -2.18. The van der Waals surface area contributed by atoms with Crippen molar-refractivity contribution in [3.05, 3.63) is 35.1 Å². The first-order valence-corrected chi connectivity index (χ1v) is 5.53. The molecule has 0 fully saturated rings. The van der Waals surface area contributed by atoms with Crippen molar-refractivity contribution in [1.29, 1.82) is 0 Å². The van der Waals surface area contributed by atoms with Crippen LogP contribution in [-0.2, 0) is 15.7 Å². The summed E-state index contributed by atoms with van der Waals surface area (Å²) in [6.07, 6.45) is -4.98. The number of carbonyl (C=O) groups excluding carboxylic acids is 1. The van der Waals surface area contributed by atoms with Gasteiger partial charge in [-0.15, -0.1) is 12.4 Å². The van der Waals surface area contributed by atoms with E-state index in [4.69, 9.17) is 5.73 Å². The largest absolute Gasteiger partial charge is 0.466 e. The SMILES string of the molecule is CCOC(=O)C[C@H](N)c1ccc(C(F)(F)F)c(F)c1.Cl. The standard InChI is InChI=1S/C12H13F4NO2.ClH/c1-2-19-11(18)6-10(17)7-3-4-8(9(13)5-7)12(14,15)16;/h3-5,10H,2,6,17H2,1H3;1H/t10-;/m0./s1. The van der Waals surface area contributed by atoms with Crippen molar-refractivity contribution in [2.24, 2.45) is 5.73 Å². The molecule has 0 spiro atoms. The van der Waals surface area contributed by atoms with Crippen LogP contribution in [0.5, 0.6) is 0 Å². The van der Waals surface area contributed by atoms with Crippen LogP contribution in [0.3, 0.4) is 0 Å². The van der Waals surface area contributed by atoms with E-state index >= 15 is 0 Å². The van der Waals surface area contributed by atoms with E-state index in [1.165, 1.54) is 0 Å². The van der Waals surface area contributed by atoms with E-state index in [1.807, 2.05) is 0 Å². The molecule has 0 radical (unpaired) electrons. The molecule has 0 saturated heterocycles. The zero-order chi connectivity index (χ0) is 14.6. The summed E-state index contributed by atoms with van der Waals surface area (Å²) < 4.78 is 55.0. The van der Waals surface area contributed by atoms with Crippen molar-refractivity contribution in [3.8, 4) is 0 Å². The van der Waals surface area contributed by atoms with Crippen LogP contribution < -0.4 is 5.73 Å². The maximum Gasteiger partial charge on any atom is 0.419 e. The number of benzene rings is 1. The molecule has 20 heavy (non-hydrogen) atoms. The highest BCUT2D eigenvalue weighted by atomic mass is 35.5. The molecule has 0 aliphatic rings. The minimum absolute atomic E-state index is 0. The highest BCUT2D eigenvalue weighted by molar-refractivity contribution is 5.85. The third-order valence-electron chi connectivity index (χ3n) is 2.42. The van der Waals surface area contributed by atoms with Gasteiger partial charge in [-0.3, -0.25) is 4.79 Å². The predicted octanol–water partition coefficient (Wildman–Crippen LogP) is 3.22. The van der Waals surface area contributed by atoms with Crippen LogP contribution in [-0.4, -0.2) is 12.6 Å². The second-order valence-electron chi connectivity index (χ2n) is 3.85. The first-order valence-electron chi connectivity index (χ1n) is 5.53. The molecule has 0 saturated carbocycles. The van der Waals surface area contributed by atoms with Crippen LogP contribution in [0.25, 0.3) is 0 Å². The Kier molecular flexibility index (Phi) is 6.95. The van der Waals surface area contributed by atoms with Gasteiger partial charge in [-0.1, -0.05) is 6.07 Å². The van der Waals surface area contributed by atoms with Crippen molar-refractivity contribution in [2.75, 3.05) is 6.61 Å². The molecule has 1 atom stereocenters. The second-order valence-corrected chi connectivity index (χ2v) is 3.85. The summed E-state index contributed by atoms with van der Waals surface area (Å²) in [6, 6.07) is 1.44. The third kappa shape index (κ3) is 4.97. The van der Waals surface area contributed by atoms with E-state index < -0.39 is 29.6 Å². The zero-order valence-corrected chi connectivity index (χ0v) is 11.4. The van der Waals surface area contributed by atoms with E-state index in [2.05, 4.69) is 4.74 Å². The van der Waals surface area contributed by atoms with Gasteiger partial charge in [0.1, 0.15) is 5.82 Å². The Bertz CT molecular complexity index is 465. The quantitative estimate of drug-likeness (QED) is 0.685. The lowest BCUT2D eigenvalue weighted by Gasteiger charge is -2.14. The molecule has 3 nitrogen and oxygen atoms in total. The number of hydrogen-bond acceptors (Lipinski definition) is 3. The molecule has 0 amide bonds. The smallest absolute Gasteiger partial charge is 0.419 e. The van der Waals surface area contributed by atoms with Crippen molar-refractivity contribution in [1.82, 2.24) is 0 Å². The number of alkyl halides is 3. The molecule has 0 heterocycles. The van der Waals surface area contributed by atoms with E-state index in [0.717, 1.165) is 6.07 Å². The van der Waals surface area contributed by atoms with E-state index in [-0.39, 0.29) is 31.0 Å². The Morgan fingerprint density at radius 2 is 2.00 bits per heavy atom. The molecular formula is C12H14ClF4NO2. The van der Waals surface area contributed by atoms with Gasteiger partial charge in [0.2, 0.25) is 0 Å². The highest BCUT2D eigenvalue weighted by Gasteiger charge is 2.34. The molecular weight excluding hydrogens is 302 g/mol. The number of hydrogen-bond donors (Lipinski definition) is 1. The molecule has 2 N–H and O–H groups in total. The monoisotopic (exact) mass is 315 g/mol. The zero-order valence-electron chi connectivity index (χ0n) is 10.5. The Labute approximate surface area is 119 Å². The second kappa shape index (κ2) is 7.44. The van der Waals surface area contributed by atoms with Gasteiger partial charge in [-0.2, -0.15) is 13.2 Å². The molecule has 1 aromatic carbocycles. The van der Waals surface area contributed by atoms with Crippen LogP contribution in [0.15, 0.2) is 18.2 Å². The van der Waals surface area contributed by atoms with E-state index in [1.54, 1.807) is 6.92 Å². The fourth-order valence-electron chi connectivity index (χ4n) is 1.51. The first kappa shape index (κ1) is 18.7. The average Bonchev–Trinajstić information content (AvgIpc) is 2.27. The van der Waals surface area contributed by atoms with Crippen molar-refractivity contribution in [2.45, 2.75) is 25.6 Å². The lowest BCUT2D eigenvalue weighted by atomic mass is 10.0. The molecule has 1 rings (SSSR count). The van der Waals surface area contributed by atoms with Gasteiger partial charge in [-0.25, -0.2) is 4.39 Å². The maximum atomic E-state index is 13.3. The summed E-state index contributed by atoms with van der Waals surface area (Å²) in [7, 11) is 0. The van der Waals surface area contributed by atoms with Crippen molar-refractivity contribution >= 4 is 18.4 Å². The van der Waals surface area contributed by atoms with Gasteiger partial charge in [0, 0.05) is 6.04 Å². The Morgan fingerprint density at radius 1 is 1.40 bits per heavy atom. The molecule has 0 bridgehead atoms. The molecule has 114 valence electrons. The average molecular weight is 316 g/mol. The summed E-state index contributed by atoms with van der Waals surface area (Å²) in [5.74, 6) is -2.00. The molecule has 0 aromatic heterocycles. The van der Waals surface area contributed by atoms with Gasteiger partial charge in [0.05, 0.1) is 18.6 Å². The number of halogens is 5. The fraction of sp³-hybridized carbons (Fsp3) is 0.417. The maximum absolute atomic E-state index is 13.3. The normalized spacial score (nSPS) is 12.5. The van der Waals surface area contributed by atoms with Crippen LogP contribution in [0.4, 0.5) is 17.6 Å². The summed E-state index contributed by atoms with van der Waals surface area (Å²) >= 11 is 0. The number of nitrogens with two attached hydrogens (primary N) is 1. The van der Waals surface area contributed by atoms with Crippen LogP contribution in [0.2, 0.25) is 0 Å². The minimum atomic E-state index is -4.76. The number of esters is 1. The molecule has 0 unspecified atom stereocenters. The van der Waals surface area contributed by atoms with Crippen molar-refractivity contribution < 1.29 is 27.1 Å². The summed E-state index contributed by atoms with van der Waals surface area (Å²) in [4.78, 5) is 11.2. The van der Waals surface area contributed by atoms with Gasteiger partial charge in [0.15, 0.2) is 0 Å². The summed E-state index contributed by atoms with van der Waals surface area (Å²) in [5.41, 5.74) is 4.35. The topological polar surface area (TPSA) is 52.3 Å². The Balaban J connectivity index is 0.00000361. The van der Waals surface area contributed by atoms with Gasteiger partial charge in [0.25, 0.3) is 0 Å². The molecule has 0 aliphatic heterocycles. The lowest BCUT2D eigenvalue weighted by molar-refractivity contribution is -0.143. The Hall–Kier alpha value is -1.34. The predicted molar refractivity (Wildman–Crippen MR) is 66.8 cm³/mol. The fourth-order valence-corrected chi connectivity index (χ4v) is 1.51.